The topological polar surface area (TPSA) is 59.6 Å². The van der Waals surface area contributed by atoms with Crippen LogP contribution >= 0.6 is 23.6 Å². The van der Waals surface area contributed by atoms with Crippen LogP contribution in [0.15, 0.2) is 30.3 Å². The van der Waals surface area contributed by atoms with Gasteiger partial charge in [-0.2, -0.15) is 0 Å². The second kappa shape index (κ2) is 7.24. The maximum atomic E-state index is 11.7. The van der Waals surface area contributed by atoms with E-state index in [-0.39, 0.29) is 5.97 Å². The zero-order valence-corrected chi connectivity index (χ0v) is 14.1. The minimum absolute atomic E-state index is 0.390. The lowest BCUT2D eigenvalue weighted by Crippen LogP contribution is -2.19. The highest BCUT2D eigenvalue weighted by Gasteiger charge is 2.16. The number of thiocarbonyl (C=S) groups is 1. The summed E-state index contributed by atoms with van der Waals surface area (Å²) in [6.45, 7) is 1.92. The van der Waals surface area contributed by atoms with Crippen molar-refractivity contribution in [2.75, 3.05) is 24.9 Å². The predicted molar refractivity (Wildman–Crippen MR) is 93.2 cm³/mol. The van der Waals surface area contributed by atoms with E-state index in [9.17, 15) is 4.79 Å². The second-order valence-electron chi connectivity index (χ2n) is 4.40. The molecule has 0 atom stereocenters. The van der Waals surface area contributed by atoms with Crippen LogP contribution in [0.3, 0.4) is 0 Å². The molecule has 1 aromatic carbocycles. The first kappa shape index (κ1) is 16.3. The molecule has 0 unspecified atom stereocenters. The van der Waals surface area contributed by atoms with E-state index in [0.717, 1.165) is 16.3 Å². The van der Waals surface area contributed by atoms with Gasteiger partial charge < -0.3 is 20.1 Å². The number of hydrogen-bond acceptors (Lipinski definition) is 5. The molecule has 116 valence electrons. The molecular formula is C15H16N2O3S2. The quantitative estimate of drug-likeness (QED) is 0.656. The first-order valence-electron chi connectivity index (χ1n) is 6.44. The molecule has 2 N–H and O–H groups in total. The highest BCUT2D eigenvalue weighted by molar-refractivity contribution is 7.80. The maximum Gasteiger partial charge on any atom is 0.340 e. The van der Waals surface area contributed by atoms with Gasteiger partial charge in [0.1, 0.15) is 10.8 Å². The average Bonchev–Trinajstić information content (AvgIpc) is 2.87. The fraction of sp³-hybridized carbons (Fsp3) is 0.200. The summed E-state index contributed by atoms with van der Waals surface area (Å²) >= 11 is 6.72. The lowest BCUT2D eigenvalue weighted by atomic mass is 10.3. The Kier molecular flexibility index (Phi) is 5.35. The van der Waals surface area contributed by atoms with E-state index >= 15 is 0 Å². The Hall–Kier alpha value is -2.12. The van der Waals surface area contributed by atoms with Gasteiger partial charge in [-0.1, -0.05) is 0 Å². The number of esters is 1. The number of aryl methyl sites for hydroxylation is 1. The number of ether oxygens (including phenoxy) is 2. The van der Waals surface area contributed by atoms with Crippen molar-refractivity contribution >= 4 is 45.3 Å². The van der Waals surface area contributed by atoms with Crippen LogP contribution in [0, 0.1) is 6.92 Å². The van der Waals surface area contributed by atoms with Gasteiger partial charge in [-0.15, -0.1) is 11.3 Å². The minimum atomic E-state index is -0.390. The Labute approximate surface area is 138 Å². The molecular weight excluding hydrogens is 320 g/mol. The molecule has 5 nitrogen and oxygen atoms in total. The number of carbonyl (C=O) groups is 1. The van der Waals surface area contributed by atoms with Gasteiger partial charge in [-0.3, -0.25) is 0 Å². The zero-order valence-electron chi connectivity index (χ0n) is 12.4. The average molecular weight is 336 g/mol. The third kappa shape index (κ3) is 3.96. The lowest BCUT2D eigenvalue weighted by Gasteiger charge is -2.10. The summed E-state index contributed by atoms with van der Waals surface area (Å²) in [6, 6.07) is 9.15. The van der Waals surface area contributed by atoms with Crippen molar-refractivity contribution in [1.82, 2.24) is 0 Å². The van der Waals surface area contributed by atoms with Gasteiger partial charge >= 0.3 is 5.97 Å². The molecule has 0 fully saturated rings. The third-order valence-corrected chi connectivity index (χ3v) is 4.01. The smallest absolute Gasteiger partial charge is 0.340 e. The van der Waals surface area contributed by atoms with Gasteiger partial charge in [-0.25, -0.2) is 4.79 Å². The lowest BCUT2D eigenvalue weighted by molar-refractivity contribution is 0.0602. The molecule has 0 aliphatic heterocycles. The van der Waals surface area contributed by atoms with Gasteiger partial charge in [0.2, 0.25) is 0 Å². The monoisotopic (exact) mass is 336 g/mol. The number of thiophene rings is 1. The molecule has 2 rings (SSSR count). The van der Waals surface area contributed by atoms with Gasteiger partial charge in [0, 0.05) is 10.6 Å². The van der Waals surface area contributed by atoms with Crippen molar-refractivity contribution in [3.05, 3.63) is 40.8 Å². The van der Waals surface area contributed by atoms with Crippen LogP contribution in [-0.2, 0) is 4.74 Å². The summed E-state index contributed by atoms with van der Waals surface area (Å²) in [7, 11) is 2.97. The van der Waals surface area contributed by atoms with E-state index in [1.807, 2.05) is 31.2 Å². The number of methoxy groups -OCH3 is 2. The molecule has 0 aliphatic rings. The van der Waals surface area contributed by atoms with Gasteiger partial charge in [0.15, 0.2) is 5.11 Å². The summed E-state index contributed by atoms with van der Waals surface area (Å²) in [4.78, 5) is 12.7. The van der Waals surface area contributed by atoms with E-state index in [1.54, 1.807) is 13.2 Å². The summed E-state index contributed by atoms with van der Waals surface area (Å²) in [5.74, 6) is 0.380. The Morgan fingerprint density at radius 2 is 1.86 bits per heavy atom. The van der Waals surface area contributed by atoms with Crippen LogP contribution in [0.25, 0.3) is 0 Å². The number of carbonyl (C=O) groups excluding carboxylic acids is 1. The zero-order chi connectivity index (χ0) is 16.1. The molecule has 0 saturated heterocycles. The van der Waals surface area contributed by atoms with E-state index in [2.05, 4.69) is 10.6 Å². The van der Waals surface area contributed by atoms with Gasteiger partial charge in [-0.05, 0) is 49.5 Å². The van der Waals surface area contributed by atoms with E-state index in [1.165, 1.54) is 18.4 Å². The van der Waals surface area contributed by atoms with E-state index < -0.39 is 0 Å². The van der Waals surface area contributed by atoms with Crippen LogP contribution in [0.5, 0.6) is 5.75 Å². The highest BCUT2D eigenvalue weighted by atomic mass is 32.1. The number of anilines is 2. The fourth-order valence-electron chi connectivity index (χ4n) is 1.81. The molecule has 2 aromatic rings. The number of hydrogen-bond donors (Lipinski definition) is 2. The first-order valence-corrected chi connectivity index (χ1v) is 7.66. The normalized spacial score (nSPS) is 9.95. The van der Waals surface area contributed by atoms with Crippen molar-refractivity contribution in [3.8, 4) is 5.75 Å². The van der Waals surface area contributed by atoms with Crippen molar-refractivity contribution in [2.24, 2.45) is 0 Å². The molecule has 1 aromatic heterocycles. The van der Waals surface area contributed by atoms with Crippen molar-refractivity contribution in [2.45, 2.75) is 6.92 Å². The fourth-order valence-corrected chi connectivity index (χ4v) is 3.00. The Balaban J connectivity index is 2.07. The van der Waals surface area contributed by atoms with Crippen LogP contribution in [0.4, 0.5) is 10.7 Å². The van der Waals surface area contributed by atoms with E-state index in [4.69, 9.17) is 21.7 Å². The third-order valence-electron chi connectivity index (χ3n) is 2.84. The summed E-state index contributed by atoms with van der Waals surface area (Å²) < 4.78 is 9.87. The van der Waals surface area contributed by atoms with Crippen LogP contribution < -0.4 is 15.4 Å². The SMILES string of the molecule is COC(=O)c1cc(C)sc1NC(=S)Nc1ccc(OC)cc1. The molecule has 0 aliphatic carbocycles. The summed E-state index contributed by atoms with van der Waals surface area (Å²) in [6.07, 6.45) is 0. The molecule has 0 saturated carbocycles. The molecule has 0 radical (unpaired) electrons. The standard InChI is InChI=1S/C15H16N2O3S2/c1-9-8-12(14(18)20-3)13(22-9)17-15(21)16-10-4-6-11(19-2)7-5-10/h4-8H,1-3H3,(H2,16,17,21). The molecule has 0 amide bonds. The van der Waals surface area contributed by atoms with Crippen LogP contribution in [0.1, 0.15) is 15.2 Å². The molecule has 0 bridgehead atoms. The number of rotatable bonds is 4. The Bertz CT molecular complexity index is 681. The number of nitrogens with one attached hydrogen (secondary N) is 2. The summed E-state index contributed by atoms with van der Waals surface area (Å²) in [5.41, 5.74) is 1.30. The largest absolute Gasteiger partial charge is 0.497 e. The maximum absolute atomic E-state index is 11.7. The molecule has 1 heterocycles. The second-order valence-corrected chi connectivity index (χ2v) is 6.06. The van der Waals surface area contributed by atoms with Crippen LogP contribution in [0.2, 0.25) is 0 Å². The Morgan fingerprint density at radius 3 is 2.45 bits per heavy atom. The molecule has 0 spiro atoms. The van der Waals surface area contributed by atoms with Crippen molar-refractivity contribution < 1.29 is 14.3 Å². The first-order chi connectivity index (χ1) is 10.5. The highest BCUT2D eigenvalue weighted by Crippen LogP contribution is 2.28. The van der Waals surface area contributed by atoms with Gasteiger partial charge in [0.25, 0.3) is 0 Å². The van der Waals surface area contributed by atoms with Crippen molar-refractivity contribution in [3.63, 3.8) is 0 Å². The summed E-state index contributed by atoms with van der Waals surface area (Å²) in [5, 5.41) is 7.15. The predicted octanol–water partition coefficient (Wildman–Crippen LogP) is 3.66. The van der Waals surface area contributed by atoms with Crippen LogP contribution in [-0.4, -0.2) is 25.3 Å². The minimum Gasteiger partial charge on any atom is -0.497 e. The van der Waals surface area contributed by atoms with Gasteiger partial charge in [0.05, 0.1) is 19.8 Å². The van der Waals surface area contributed by atoms with E-state index in [0.29, 0.717) is 15.7 Å². The molecule has 22 heavy (non-hydrogen) atoms. The molecule has 7 heteroatoms. The van der Waals surface area contributed by atoms with Crippen molar-refractivity contribution in [1.29, 1.82) is 0 Å². The Morgan fingerprint density at radius 1 is 1.18 bits per heavy atom. The number of benzene rings is 1.